The lowest BCUT2D eigenvalue weighted by atomic mass is 10.2. The number of thiol groups is 1. The molecule has 94 valence electrons. The van der Waals surface area contributed by atoms with E-state index in [1.165, 1.54) is 0 Å². The molecule has 3 nitrogen and oxygen atoms in total. The molecule has 0 saturated carbocycles. The van der Waals surface area contributed by atoms with Crippen LogP contribution in [0.2, 0.25) is 0 Å². The van der Waals surface area contributed by atoms with Gasteiger partial charge in [0, 0.05) is 10.5 Å². The molecule has 1 heterocycles. The zero-order valence-corrected chi connectivity index (χ0v) is 11.2. The number of hydrogen-bond acceptors (Lipinski definition) is 3. The van der Waals surface area contributed by atoms with Gasteiger partial charge >= 0.3 is 0 Å². The Kier molecular flexibility index (Phi) is 3.77. The molecule has 1 aromatic heterocycles. The van der Waals surface area contributed by atoms with Gasteiger partial charge in [0.2, 0.25) is 0 Å². The molecule has 0 aliphatic carbocycles. The van der Waals surface area contributed by atoms with E-state index in [9.17, 15) is 4.79 Å². The largest absolute Gasteiger partial charge is 0.464 e. The van der Waals surface area contributed by atoms with Gasteiger partial charge in [0.25, 0.3) is 5.91 Å². The maximum absolute atomic E-state index is 12.0. The topological polar surface area (TPSA) is 42.2 Å². The lowest BCUT2D eigenvalue weighted by Gasteiger charge is -2.11. The first kappa shape index (κ1) is 12.8. The van der Waals surface area contributed by atoms with Crippen LogP contribution in [-0.4, -0.2) is 5.91 Å². The SMILES string of the molecule is Cc1ccc(C(C)NC(=O)c2ccc(S)cc2)o1. The van der Waals surface area contributed by atoms with Crippen molar-refractivity contribution < 1.29 is 9.21 Å². The number of carbonyl (C=O) groups is 1. The standard InChI is InChI=1S/C14H15NO2S/c1-9-3-8-13(17-9)10(2)15-14(16)11-4-6-12(18)7-5-11/h3-8,10,18H,1-2H3,(H,15,16). The van der Waals surface area contributed by atoms with Gasteiger partial charge in [0.15, 0.2) is 0 Å². The maximum Gasteiger partial charge on any atom is 0.251 e. The molecule has 0 aliphatic rings. The minimum atomic E-state index is -0.151. The van der Waals surface area contributed by atoms with Crippen LogP contribution in [0.15, 0.2) is 45.7 Å². The summed E-state index contributed by atoms with van der Waals surface area (Å²) in [6.45, 7) is 3.77. The minimum Gasteiger partial charge on any atom is -0.464 e. The van der Waals surface area contributed by atoms with Gasteiger partial charge in [-0.05, 0) is 50.2 Å². The van der Waals surface area contributed by atoms with Crippen molar-refractivity contribution in [1.29, 1.82) is 0 Å². The molecule has 1 atom stereocenters. The Hall–Kier alpha value is -1.68. The van der Waals surface area contributed by atoms with Crippen LogP contribution in [-0.2, 0) is 0 Å². The van der Waals surface area contributed by atoms with Crippen LogP contribution in [0.4, 0.5) is 0 Å². The summed E-state index contributed by atoms with van der Waals surface area (Å²) in [4.78, 5) is 12.8. The number of carbonyl (C=O) groups excluding carboxylic acids is 1. The first-order valence-electron chi connectivity index (χ1n) is 5.72. The van der Waals surface area contributed by atoms with E-state index in [2.05, 4.69) is 17.9 Å². The monoisotopic (exact) mass is 261 g/mol. The van der Waals surface area contributed by atoms with Crippen molar-refractivity contribution in [3.63, 3.8) is 0 Å². The summed E-state index contributed by atoms with van der Waals surface area (Å²) < 4.78 is 5.47. The summed E-state index contributed by atoms with van der Waals surface area (Å²) in [5.74, 6) is 1.47. The van der Waals surface area contributed by atoms with Crippen molar-refractivity contribution in [2.45, 2.75) is 24.8 Å². The van der Waals surface area contributed by atoms with Crippen LogP contribution in [0.25, 0.3) is 0 Å². The molecule has 1 N–H and O–H groups in total. The predicted molar refractivity (Wildman–Crippen MR) is 73.0 cm³/mol. The lowest BCUT2D eigenvalue weighted by Crippen LogP contribution is -2.26. The summed E-state index contributed by atoms with van der Waals surface area (Å²) in [6, 6.07) is 10.7. The minimum absolute atomic E-state index is 0.120. The Balaban J connectivity index is 2.05. The van der Waals surface area contributed by atoms with Crippen LogP contribution in [0.3, 0.4) is 0 Å². The Morgan fingerprint density at radius 1 is 1.22 bits per heavy atom. The van der Waals surface area contributed by atoms with Crippen molar-refractivity contribution in [3.05, 3.63) is 53.5 Å². The number of aryl methyl sites for hydroxylation is 1. The molecule has 0 fully saturated rings. The molecule has 0 radical (unpaired) electrons. The fourth-order valence-electron chi connectivity index (χ4n) is 1.65. The van der Waals surface area contributed by atoms with Gasteiger partial charge < -0.3 is 9.73 Å². The summed E-state index contributed by atoms with van der Waals surface area (Å²) in [5, 5.41) is 2.89. The van der Waals surface area contributed by atoms with Crippen LogP contribution in [0, 0.1) is 6.92 Å². The molecule has 0 bridgehead atoms. The van der Waals surface area contributed by atoms with E-state index < -0.39 is 0 Å². The molecular weight excluding hydrogens is 246 g/mol. The summed E-state index contributed by atoms with van der Waals surface area (Å²) in [6.07, 6.45) is 0. The summed E-state index contributed by atoms with van der Waals surface area (Å²) in [7, 11) is 0. The van der Waals surface area contributed by atoms with E-state index >= 15 is 0 Å². The number of benzene rings is 1. The molecule has 2 rings (SSSR count). The summed E-state index contributed by atoms with van der Waals surface area (Å²) in [5.41, 5.74) is 0.614. The quantitative estimate of drug-likeness (QED) is 0.832. The average Bonchev–Trinajstić information content (AvgIpc) is 2.76. The molecule has 2 aromatic rings. The molecule has 4 heteroatoms. The first-order chi connectivity index (χ1) is 8.56. The van der Waals surface area contributed by atoms with Gasteiger partial charge in [-0.1, -0.05) is 0 Å². The fraction of sp³-hybridized carbons (Fsp3) is 0.214. The van der Waals surface area contributed by atoms with E-state index in [1.54, 1.807) is 24.3 Å². The van der Waals surface area contributed by atoms with Crippen LogP contribution in [0.1, 0.15) is 34.8 Å². The molecule has 0 spiro atoms. The van der Waals surface area contributed by atoms with Crippen molar-refractivity contribution in [2.75, 3.05) is 0 Å². The normalized spacial score (nSPS) is 12.2. The van der Waals surface area contributed by atoms with E-state index in [1.807, 2.05) is 26.0 Å². The molecule has 1 amide bonds. The molecule has 0 saturated heterocycles. The Labute approximate surface area is 112 Å². The highest BCUT2D eigenvalue weighted by molar-refractivity contribution is 7.80. The second-order valence-corrected chi connectivity index (χ2v) is 4.71. The summed E-state index contributed by atoms with van der Waals surface area (Å²) >= 11 is 4.18. The zero-order valence-electron chi connectivity index (χ0n) is 10.3. The van der Waals surface area contributed by atoms with E-state index in [0.717, 1.165) is 16.4 Å². The maximum atomic E-state index is 12.0. The predicted octanol–water partition coefficient (Wildman–Crippen LogP) is 3.37. The smallest absolute Gasteiger partial charge is 0.251 e. The van der Waals surface area contributed by atoms with Gasteiger partial charge in [-0.15, -0.1) is 12.6 Å². The van der Waals surface area contributed by atoms with E-state index in [0.29, 0.717) is 5.56 Å². The van der Waals surface area contributed by atoms with Crippen molar-refractivity contribution in [3.8, 4) is 0 Å². The van der Waals surface area contributed by atoms with Crippen molar-refractivity contribution in [1.82, 2.24) is 5.32 Å². The highest BCUT2D eigenvalue weighted by atomic mass is 32.1. The second-order valence-electron chi connectivity index (χ2n) is 4.19. The number of rotatable bonds is 3. The third-order valence-corrected chi connectivity index (χ3v) is 2.96. The highest BCUT2D eigenvalue weighted by Gasteiger charge is 2.13. The molecule has 0 aliphatic heterocycles. The number of hydrogen-bond donors (Lipinski definition) is 2. The van der Waals surface area contributed by atoms with Gasteiger partial charge in [-0.2, -0.15) is 0 Å². The van der Waals surface area contributed by atoms with Crippen LogP contribution < -0.4 is 5.32 Å². The third kappa shape index (κ3) is 2.96. The Bertz CT molecular complexity index is 545. The lowest BCUT2D eigenvalue weighted by molar-refractivity contribution is 0.0935. The number of nitrogens with one attached hydrogen (secondary N) is 1. The average molecular weight is 261 g/mol. The molecule has 18 heavy (non-hydrogen) atoms. The molecular formula is C14H15NO2S. The highest BCUT2D eigenvalue weighted by Crippen LogP contribution is 2.16. The fourth-order valence-corrected chi connectivity index (χ4v) is 1.80. The first-order valence-corrected chi connectivity index (χ1v) is 6.17. The van der Waals surface area contributed by atoms with Gasteiger partial charge in [0.05, 0.1) is 6.04 Å². The van der Waals surface area contributed by atoms with Gasteiger partial charge in [0.1, 0.15) is 11.5 Å². The van der Waals surface area contributed by atoms with Crippen LogP contribution in [0.5, 0.6) is 0 Å². The Morgan fingerprint density at radius 2 is 1.89 bits per heavy atom. The van der Waals surface area contributed by atoms with Gasteiger partial charge in [-0.25, -0.2) is 0 Å². The van der Waals surface area contributed by atoms with E-state index in [4.69, 9.17) is 4.42 Å². The number of amides is 1. The molecule has 1 unspecified atom stereocenters. The second kappa shape index (κ2) is 5.31. The van der Waals surface area contributed by atoms with Crippen molar-refractivity contribution in [2.24, 2.45) is 0 Å². The third-order valence-electron chi connectivity index (χ3n) is 2.67. The number of furan rings is 1. The Morgan fingerprint density at radius 3 is 2.44 bits per heavy atom. The molecule has 1 aromatic carbocycles. The zero-order chi connectivity index (χ0) is 13.1. The van der Waals surface area contributed by atoms with Crippen molar-refractivity contribution >= 4 is 18.5 Å². The van der Waals surface area contributed by atoms with E-state index in [-0.39, 0.29) is 11.9 Å². The van der Waals surface area contributed by atoms with Gasteiger partial charge in [-0.3, -0.25) is 4.79 Å². The van der Waals surface area contributed by atoms with Crippen LogP contribution >= 0.6 is 12.6 Å².